The number of hydrogen-bond donors (Lipinski definition) is 0. The highest BCUT2D eigenvalue weighted by atomic mass is 35.5. The van der Waals surface area contributed by atoms with E-state index in [1.54, 1.807) is 6.20 Å². The SMILES string of the molecule is ClCc1nccc(-c2ccc3ccccc3c2)n1. The molecule has 0 saturated carbocycles. The molecule has 1 aromatic heterocycles. The molecule has 1 heterocycles. The Hall–Kier alpha value is -1.93. The molecule has 3 heteroatoms. The molecule has 0 fully saturated rings. The summed E-state index contributed by atoms with van der Waals surface area (Å²) in [6.45, 7) is 0. The van der Waals surface area contributed by atoms with E-state index in [0.717, 1.165) is 11.3 Å². The van der Waals surface area contributed by atoms with Gasteiger partial charge in [0.25, 0.3) is 0 Å². The maximum atomic E-state index is 5.76. The summed E-state index contributed by atoms with van der Waals surface area (Å²) in [7, 11) is 0. The molecule has 2 aromatic carbocycles. The molecule has 0 N–H and O–H groups in total. The van der Waals surface area contributed by atoms with E-state index in [9.17, 15) is 0 Å². The smallest absolute Gasteiger partial charge is 0.143 e. The number of hydrogen-bond acceptors (Lipinski definition) is 2. The van der Waals surface area contributed by atoms with Crippen LogP contribution in [0.5, 0.6) is 0 Å². The number of aromatic nitrogens is 2. The summed E-state index contributed by atoms with van der Waals surface area (Å²) in [6, 6.07) is 16.5. The molecule has 88 valence electrons. The minimum absolute atomic E-state index is 0.335. The second kappa shape index (κ2) is 4.75. The summed E-state index contributed by atoms with van der Waals surface area (Å²) >= 11 is 5.76. The third kappa shape index (κ3) is 2.07. The number of halogens is 1. The maximum absolute atomic E-state index is 5.76. The number of rotatable bonds is 2. The van der Waals surface area contributed by atoms with E-state index in [0.29, 0.717) is 11.7 Å². The van der Waals surface area contributed by atoms with Crippen molar-refractivity contribution in [3.63, 3.8) is 0 Å². The molecular formula is C15H11ClN2. The number of nitrogens with zero attached hydrogens (tertiary/aromatic N) is 2. The van der Waals surface area contributed by atoms with Gasteiger partial charge in [0.2, 0.25) is 0 Å². The van der Waals surface area contributed by atoms with Crippen molar-refractivity contribution in [3.05, 3.63) is 60.6 Å². The summed E-state index contributed by atoms with van der Waals surface area (Å²) in [5.74, 6) is 0.990. The third-order valence-electron chi connectivity index (χ3n) is 2.87. The van der Waals surface area contributed by atoms with Crippen LogP contribution in [0.15, 0.2) is 54.7 Å². The first-order chi connectivity index (χ1) is 8.86. The van der Waals surface area contributed by atoms with Gasteiger partial charge in [0.15, 0.2) is 0 Å². The molecule has 0 bridgehead atoms. The second-order valence-electron chi connectivity index (χ2n) is 4.05. The van der Waals surface area contributed by atoms with Gasteiger partial charge in [0, 0.05) is 11.8 Å². The lowest BCUT2D eigenvalue weighted by atomic mass is 10.1. The fraction of sp³-hybridized carbons (Fsp3) is 0.0667. The predicted octanol–water partition coefficient (Wildman–Crippen LogP) is 4.04. The normalized spacial score (nSPS) is 10.7. The third-order valence-corrected chi connectivity index (χ3v) is 3.11. The molecule has 0 radical (unpaired) electrons. The van der Waals surface area contributed by atoms with E-state index < -0.39 is 0 Å². The van der Waals surface area contributed by atoms with Gasteiger partial charge in [-0.2, -0.15) is 0 Å². The van der Waals surface area contributed by atoms with Gasteiger partial charge in [-0.05, 0) is 22.9 Å². The average Bonchev–Trinajstić information content (AvgIpc) is 2.47. The predicted molar refractivity (Wildman–Crippen MR) is 74.5 cm³/mol. The summed E-state index contributed by atoms with van der Waals surface area (Å²) in [5, 5.41) is 2.44. The lowest BCUT2D eigenvalue weighted by Crippen LogP contribution is -1.92. The van der Waals surface area contributed by atoms with Gasteiger partial charge >= 0.3 is 0 Å². The number of alkyl halides is 1. The standard InChI is InChI=1S/C15H11ClN2/c16-10-15-17-8-7-14(18-15)13-6-5-11-3-1-2-4-12(11)9-13/h1-9H,10H2. The molecule has 0 aliphatic heterocycles. The van der Waals surface area contributed by atoms with Gasteiger partial charge < -0.3 is 0 Å². The van der Waals surface area contributed by atoms with Gasteiger partial charge in [-0.25, -0.2) is 9.97 Å². The van der Waals surface area contributed by atoms with Crippen LogP contribution in [-0.4, -0.2) is 9.97 Å². The van der Waals surface area contributed by atoms with Crippen LogP contribution in [0.4, 0.5) is 0 Å². The molecule has 0 amide bonds. The first-order valence-corrected chi connectivity index (χ1v) is 6.27. The van der Waals surface area contributed by atoms with Crippen LogP contribution in [0.25, 0.3) is 22.0 Å². The zero-order valence-electron chi connectivity index (χ0n) is 9.68. The molecule has 0 aliphatic carbocycles. The Morgan fingerprint density at radius 1 is 0.944 bits per heavy atom. The monoisotopic (exact) mass is 254 g/mol. The Kier molecular flexibility index (Phi) is 2.95. The zero-order chi connectivity index (χ0) is 12.4. The molecule has 2 nitrogen and oxygen atoms in total. The Balaban J connectivity index is 2.13. The Labute approximate surface area is 110 Å². The van der Waals surface area contributed by atoms with Crippen LogP contribution in [0.2, 0.25) is 0 Å². The van der Waals surface area contributed by atoms with Crippen LogP contribution in [0.1, 0.15) is 5.82 Å². The molecule has 0 saturated heterocycles. The zero-order valence-corrected chi connectivity index (χ0v) is 10.4. The number of fused-ring (bicyclic) bond motifs is 1. The fourth-order valence-electron chi connectivity index (χ4n) is 1.97. The van der Waals surface area contributed by atoms with Crippen molar-refractivity contribution >= 4 is 22.4 Å². The first-order valence-electron chi connectivity index (χ1n) is 5.74. The van der Waals surface area contributed by atoms with E-state index in [1.807, 2.05) is 18.2 Å². The van der Waals surface area contributed by atoms with E-state index in [4.69, 9.17) is 11.6 Å². The lowest BCUT2D eigenvalue weighted by Gasteiger charge is -2.04. The van der Waals surface area contributed by atoms with Crippen molar-refractivity contribution in [1.29, 1.82) is 0 Å². The van der Waals surface area contributed by atoms with E-state index in [-0.39, 0.29) is 0 Å². The quantitative estimate of drug-likeness (QED) is 0.645. The second-order valence-corrected chi connectivity index (χ2v) is 4.32. The van der Waals surface area contributed by atoms with Gasteiger partial charge in [-0.15, -0.1) is 11.6 Å². The lowest BCUT2D eigenvalue weighted by molar-refractivity contribution is 1.03. The summed E-state index contributed by atoms with van der Waals surface area (Å²) in [5.41, 5.74) is 1.99. The topological polar surface area (TPSA) is 25.8 Å². The van der Waals surface area contributed by atoms with Crippen molar-refractivity contribution < 1.29 is 0 Å². The molecule has 18 heavy (non-hydrogen) atoms. The van der Waals surface area contributed by atoms with Crippen LogP contribution in [-0.2, 0) is 5.88 Å². The van der Waals surface area contributed by atoms with Crippen molar-refractivity contribution in [2.75, 3.05) is 0 Å². The minimum atomic E-state index is 0.335. The van der Waals surface area contributed by atoms with E-state index >= 15 is 0 Å². The van der Waals surface area contributed by atoms with Crippen molar-refractivity contribution in [3.8, 4) is 11.3 Å². The number of benzene rings is 2. The highest BCUT2D eigenvalue weighted by Crippen LogP contribution is 2.22. The van der Waals surface area contributed by atoms with Crippen LogP contribution >= 0.6 is 11.6 Å². The molecule has 0 atom stereocenters. The summed E-state index contributed by atoms with van der Waals surface area (Å²) in [4.78, 5) is 8.53. The van der Waals surface area contributed by atoms with E-state index in [2.05, 4.69) is 40.3 Å². The van der Waals surface area contributed by atoms with Crippen LogP contribution in [0, 0.1) is 0 Å². The molecule has 0 spiro atoms. The Morgan fingerprint density at radius 3 is 2.61 bits per heavy atom. The van der Waals surface area contributed by atoms with Crippen molar-refractivity contribution in [1.82, 2.24) is 9.97 Å². The molecule has 0 unspecified atom stereocenters. The molecule has 3 aromatic rings. The highest BCUT2D eigenvalue weighted by molar-refractivity contribution is 6.16. The fourth-order valence-corrected chi connectivity index (χ4v) is 2.10. The van der Waals surface area contributed by atoms with Crippen molar-refractivity contribution in [2.24, 2.45) is 0 Å². The van der Waals surface area contributed by atoms with Crippen molar-refractivity contribution in [2.45, 2.75) is 5.88 Å². The van der Waals surface area contributed by atoms with Gasteiger partial charge in [0.05, 0.1) is 11.6 Å². The molecular weight excluding hydrogens is 244 g/mol. The van der Waals surface area contributed by atoms with Gasteiger partial charge in [-0.3, -0.25) is 0 Å². The Bertz CT molecular complexity index is 695. The largest absolute Gasteiger partial charge is 0.240 e. The van der Waals surface area contributed by atoms with Crippen LogP contribution < -0.4 is 0 Å². The molecule has 0 aliphatic rings. The summed E-state index contributed by atoms with van der Waals surface area (Å²) < 4.78 is 0. The Morgan fingerprint density at radius 2 is 1.78 bits per heavy atom. The first kappa shape index (κ1) is 11.2. The summed E-state index contributed by atoms with van der Waals surface area (Å²) in [6.07, 6.45) is 1.75. The van der Waals surface area contributed by atoms with Crippen LogP contribution in [0.3, 0.4) is 0 Å². The van der Waals surface area contributed by atoms with Gasteiger partial charge in [-0.1, -0.05) is 36.4 Å². The minimum Gasteiger partial charge on any atom is -0.240 e. The average molecular weight is 255 g/mol. The maximum Gasteiger partial charge on any atom is 0.143 e. The van der Waals surface area contributed by atoms with Gasteiger partial charge in [0.1, 0.15) is 5.82 Å². The van der Waals surface area contributed by atoms with E-state index in [1.165, 1.54) is 10.8 Å². The molecule has 3 rings (SSSR count). The highest BCUT2D eigenvalue weighted by Gasteiger charge is 2.02.